The Morgan fingerprint density at radius 2 is 2.14 bits per heavy atom. The van der Waals surface area contributed by atoms with E-state index < -0.39 is 0 Å². The number of hydrogen-bond donors (Lipinski definition) is 0. The van der Waals surface area contributed by atoms with E-state index in [1.165, 1.54) is 0 Å². The highest BCUT2D eigenvalue weighted by molar-refractivity contribution is 5.14. The molecule has 0 saturated carbocycles. The largest absolute Gasteiger partial charge is 0.330 e. The van der Waals surface area contributed by atoms with Gasteiger partial charge in [0.2, 0.25) is 0 Å². The third-order valence-electron chi connectivity index (χ3n) is 2.17. The van der Waals surface area contributed by atoms with Crippen molar-refractivity contribution in [3.05, 3.63) is 18.2 Å². The molecule has 1 unspecified atom stereocenters. The summed E-state index contributed by atoms with van der Waals surface area (Å²) in [5.41, 5.74) is 0.951. The third-order valence-corrected chi connectivity index (χ3v) is 2.17. The molecular weight excluding hydrogens is 176 g/mol. The number of imidazole rings is 1. The normalized spacial score (nSPS) is 13.2. The molecule has 0 radical (unpaired) electrons. The van der Waals surface area contributed by atoms with Crippen LogP contribution >= 0.6 is 0 Å². The fraction of sp³-hybridized carbons (Fsp3) is 0.600. The van der Waals surface area contributed by atoms with Crippen molar-refractivity contribution in [1.82, 2.24) is 14.5 Å². The molecule has 0 spiro atoms. The molecule has 0 aliphatic heterocycles. The van der Waals surface area contributed by atoms with Crippen LogP contribution in [0.1, 0.15) is 31.6 Å². The van der Waals surface area contributed by atoms with Gasteiger partial charge in [-0.15, -0.1) is 0 Å². The summed E-state index contributed by atoms with van der Waals surface area (Å²) in [4.78, 5) is 5.96. The van der Waals surface area contributed by atoms with Crippen molar-refractivity contribution in [3.8, 4) is 6.07 Å². The first kappa shape index (κ1) is 10.7. The van der Waals surface area contributed by atoms with Crippen LogP contribution in [0.5, 0.6) is 0 Å². The molecule has 0 aliphatic carbocycles. The first-order chi connectivity index (χ1) is 6.57. The SMILES string of the molecule is CC(C)n1cncc1C(C#N)N(C)C. The zero-order chi connectivity index (χ0) is 10.7. The Bertz CT molecular complexity index is 332. The molecule has 0 N–H and O–H groups in total. The minimum absolute atomic E-state index is 0.222. The molecule has 0 bridgehead atoms. The number of nitriles is 1. The first-order valence-electron chi connectivity index (χ1n) is 4.65. The molecule has 4 nitrogen and oxygen atoms in total. The van der Waals surface area contributed by atoms with Crippen molar-refractivity contribution in [2.45, 2.75) is 25.9 Å². The van der Waals surface area contributed by atoms with E-state index in [1.54, 1.807) is 12.5 Å². The van der Waals surface area contributed by atoms with Crippen LogP contribution in [0.25, 0.3) is 0 Å². The molecule has 1 rings (SSSR count). The Labute approximate surface area is 84.8 Å². The maximum absolute atomic E-state index is 9.04. The van der Waals surface area contributed by atoms with E-state index in [2.05, 4.69) is 24.9 Å². The lowest BCUT2D eigenvalue weighted by atomic mass is 10.2. The highest BCUT2D eigenvalue weighted by Crippen LogP contribution is 2.19. The second kappa shape index (κ2) is 4.25. The summed E-state index contributed by atoms with van der Waals surface area (Å²) in [7, 11) is 3.79. The Hall–Kier alpha value is -1.34. The number of nitrogens with zero attached hydrogens (tertiary/aromatic N) is 4. The maximum Gasteiger partial charge on any atom is 0.140 e. The number of rotatable bonds is 3. The van der Waals surface area contributed by atoms with Gasteiger partial charge in [-0.05, 0) is 27.9 Å². The lowest BCUT2D eigenvalue weighted by Crippen LogP contribution is -2.21. The van der Waals surface area contributed by atoms with Crippen LogP contribution in [0.4, 0.5) is 0 Å². The van der Waals surface area contributed by atoms with Gasteiger partial charge in [-0.2, -0.15) is 5.26 Å². The maximum atomic E-state index is 9.04. The van der Waals surface area contributed by atoms with Gasteiger partial charge in [0.15, 0.2) is 0 Å². The van der Waals surface area contributed by atoms with Crippen molar-refractivity contribution in [3.63, 3.8) is 0 Å². The van der Waals surface area contributed by atoms with Crippen LogP contribution in [-0.2, 0) is 0 Å². The van der Waals surface area contributed by atoms with E-state index in [4.69, 9.17) is 5.26 Å². The van der Waals surface area contributed by atoms with Gasteiger partial charge in [0.1, 0.15) is 6.04 Å². The minimum Gasteiger partial charge on any atom is -0.330 e. The second-order valence-electron chi connectivity index (χ2n) is 3.81. The van der Waals surface area contributed by atoms with E-state index in [0.29, 0.717) is 6.04 Å². The molecule has 0 amide bonds. The van der Waals surface area contributed by atoms with Crippen molar-refractivity contribution >= 4 is 0 Å². The van der Waals surface area contributed by atoms with Gasteiger partial charge in [-0.25, -0.2) is 4.98 Å². The third kappa shape index (κ3) is 1.94. The molecule has 76 valence electrons. The van der Waals surface area contributed by atoms with Crippen LogP contribution in [0, 0.1) is 11.3 Å². The zero-order valence-electron chi connectivity index (χ0n) is 9.10. The number of hydrogen-bond acceptors (Lipinski definition) is 3. The lowest BCUT2D eigenvalue weighted by molar-refractivity contribution is 0.339. The van der Waals surface area contributed by atoms with Crippen LogP contribution < -0.4 is 0 Å². The predicted molar refractivity (Wildman–Crippen MR) is 54.7 cm³/mol. The van der Waals surface area contributed by atoms with Gasteiger partial charge in [0.25, 0.3) is 0 Å². The van der Waals surface area contributed by atoms with Crippen LogP contribution in [0.2, 0.25) is 0 Å². The van der Waals surface area contributed by atoms with Crippen molar-refractivity contribution in [2.24, 2.45) is 0 Å². The van der Waals surface area contributed by atoms with E-state index >= 15 is 0 Å². The predicted octanol–water partition coefficient (Wildman–Crippen LogP) is 1.59. The molecular formula is C10H16N4. The second-order valence-corrected chi connectivity index (χ2v) is 3.81. The molecule has 0 saturated heterocycles. The fourth-order valence-electron chi connectivity index (χ4n) is 1.40. The van der Waals surface area contributed by atoms with E-state index in [-0.39, 0.29) is 6.04 Å². The molecule has 0 aliphatic rings. The average molecular weight is 192 g/mol. The monoisotopic (exact) mass is 192 g/mol. The summed E-state index contributed by atoms with van der Waals surface area (Å²) in [5.74, 6) is 0. The molecule has 0 aromatic carbocycles. The van der Waals surface area contributed by atoms with Gasteiger partial charge >= 0.3 is 0 Å². The van der Waals surface area contributed by atoms with Gasteiger partial charge in [0.05, 0.1) is 24.3 Å². The fourth-order valence-corrected chi connectivity index (χ4v) is 1.40. The molecule has 1 aromatic rings. The van der Waals surface area contributed by atoms with Crippen LogP contribution in [-0.4, -0.2) is 28.5 Å². The standard InChI is InChI=1S/C10H16N4/c1-8(2)14-7-12-6-10(14)9(5-11)13(3)4/h6-9H,1-4H3. The summed E-state index contributed by atoms with van der Waals surface area (Å²) in [6.45, 7) is 4.16. The first-order valence-corrected chi connectivity index (χ1v) is 4.65. The molecule has 0 fully saturated rings. The summed E-state index contributed by atoms with van der Waals surface area (Å²) in [5, 5.41) is 9.04. The topological polar surface area (TPSA) is 44.9 Å². The number of aromatic nitrogens is 2. The Morgan fingerprint density at radius 3 is 2.57 bits per heavy atom. The van der Waals surface area contributed by atoms with Gasteiger partial charge in [-0.3, -0.25) is 4.90 Å². The highest BCUT2D eigenvalue weighted by Gasteiger charge is 2.18. The van der Waals surface area contributed by atoms with Crippen molar-refractivity contribution < 1.29 is 0 Å². The van der Waals surface area contributed by atoms with Crippen molar-refractivity contribution in [2.75, 3.05) is 14.1 Å². The van der Waals surface area contributed by atoms with E-state index in [1.807, 2.05) is 23.6 Å². The summed E-state index contributed by atoms with van der Waals surface area (Å²) in [6.07, 6.45) is 3.53. The van der Waals surface area contributed by atoms with Crippen molar-refractivity contribution in [1.29, 1.82) is 5.26 Å². The smallest absolute Gasteiger partial charge is 0.140 e. The van der Waals surface area contributed by atoms with Crippen LogP contribution in [0.3, 0.4) is 0 Å². The Kier molecular flexibility index (Phi) is 3.26. The van der Waals surface area contributed by atoms with Gasteiger partial charge in [-0.1, -0.05) is 0 Å². The Balaban J connectivity index is 3.05. The quantitative estimate of drug-likeness (QED) is 0.730. The van der Waals surface area contributed by atoms with E-state index in [9.17, 15) is 0 Å². The minimum atomic E-state index is -0.222. The average Bonchev–Trinajstić information content (AvgIpc) is 2.53. The van der Waals surface area contributed by atoms with Gasteiger partial charge in [0, 0.05) is 6.04 Å². The molecule has 1 aromatic heterocycles. The molecule has 14 heavy (non-hydrogen) atoms. The van der Waals surface area contributed by atoms with E-state index in [0.717, 1.165) is 5.69 Å². The summed E-state index contributed by atoms with van der Waals surface area (Å²) >= 11 is 0. The Morgan fingerprint density at radius 1 is 1.50 bits per heavy atom. The summed E-state index contributed by atoms with van der Waals surface area (Å²) < 4.78 is 2.02. The molecule has 4 heteroatoms. The summed E-state index contributed by atoms with van der Waals surface area (Å²) in [6, 6.07) is 2.38. The highest BCUT2D eigenvalue weighted by atomic mass is 15.2. The molecule has 1 atom stereocenters. The molecule has 1 heterocycles. The lowest BCUT2D eigenvalue weighted by Gasteiger charge is -2.20. The zero-order valence-corrected chi connectivity index (χ0v) is 9.10. The van der Waals surface area contributed by atoms with Gasteiger partial charge < -0.3 is 4.57 Å². The van der Waals surface area contributed by atoms with Crippen LogP contribution in [0.15, 0.2) is 12.5 Å².